The van der Waals surface area contributed by atoms with Gasteiger partial charge in [0.15, 0.2) is 11.9 Å². The lowest BCUT2D eigenvalue weighted by atomic mass is 10.2. The molecule has 1 heterocycles. The smallest absolute Gasteiger partial charge is 0.359 e. The Hall–Kier alpha value is -1.97. The zero-order valence-corrected chi connectivity index (χ0v) is 8.97. The molecule has 4 nitrogen and oxygen atoms in total. The number of nitrogens with one attached hydrogen (secondary N) is 1. The molecule has 0 aromatic heterocycles. The van der Waals surface area contributed by atoms with Crippen molar-refractivity contribution in [2.24, 2.45) is 0 Å². The molecule has 1 aromatic rings. The van der Waals surface area contributed by atoms with Crippen molar-refractivity contribution >= 4 is 5.97 Å². The Bertz CT molecular complexity index is 400. The molecular weight excluding hydrogens is 206 g/mol. The Morgan fingerprint density at radius 3 is 2.88 bits per heavy atom. The van der Waals surface area contributed by atoms with Crippen molar-refractivity contribution in [1.29, 1.82) is 0 Å². The van der Waals surface area contributed by atoms with Crippen molar-refractivity contribution in [2.75, 3.05) is 6.61 Å². The standard InChI is InChI=1S/C12H13NO3/c1-2-15-8-10-12(14)16-11(13-10)9-6-4-3-5-7-9/h3-8,11,13H,2H2,1H3. The normalized spacial score (nSPS) is 21.7. The van der Waals surface area contributed by atoms with Gasteiger partial charge in [-0.05, 0) is 6.92 Å². The van der Waals surface area contributed by atoms with Crippen molar-refractivity contribution in [3.8, 4) is 0 Å². The van der Waals surface area contributed by atoms with Crippen molar-refractivity contribution < 1.29 is 14.3 Å². The minimum atomic E-state index is -0.416. The molecule has 0 amide bonds. The summed E-state index contributed by atoms with van der Waals surface area (Å²) in [6, 6.07) is 9.50. The molecule has 1 unspecified atom stereocenters. The molecule has 1 fully saturated rings. The predicted molar refractivity (Wildman–Crippen MR) is 58.1 cm³/mol. The largest absolute Gasteiger partial charge is 0.499 e. The fraction of sp³-hybridized carbons (Fsp3) is 0.250. The Kier molecular flexibility index (Phi) is 3.10. The maximum absolute atomic E-state index is 11.4. The van der Waals surface area contributed by atoms with Crippen LogP contribution >= 0.6 is 0 Å². The van der Waals surface area contributed by atoms with E-state index in [9.17, 15) is 4.79 Å². The van der Waals surface area contributed by atoms with E-state index in [4.69, 9.17) is 9.47 Å². The van der Waals surface area contributed by atoms with Gasteiger partial charge in [0.25, 0.3) is 0 Å². The second-order valence-electron chi connectivity index (χ2n) is 3.33. The molecule has 1 aliphatic rings. The van der Waals surface area contributed by atoms with Crippen LogP contribution in [-0.2, 0) is 14.3 Å². The second kappa shape index (κ2) is 4.70. The van der Waals surface area contributed by atoms with E-state index in [-0.39, 0.29) is 5.97 Å². The van der Waals surface area contributed by atoms with Crippen molar-refractivity contribution in [3.63, 3.8) is 0 Å². The third-order valence-corrected chi connectivity index (χ3v) is 2.20. The predicted octanol–water partition coefficient (Wildman–Crippen LogP) is 1.71. The van der Waals surface area contributed by atoms with Crippen LogP contribution in [0.4, 0.5) is 0 Å². The molecule has 4 heteroatoms. The van der Waals surface area contributed by atoms with Gasteiger partial charge in [-0.1, -0.05) is 30.3 Å². The summed E-state index contributed by atoms with van der Waals surface area (Å²) in [5, 5.41) is 2.96. The van der Waals surface area contributed by atoms with E-state index in [0.717, 1.165) is 5.56 Å². The molecule has 1 aliphatic heterocycles. The molecule has 0 bridgehead atoms. The number of hydrogen-bond donors (Lipinski definition) is 1. The number of ether oxygens (including phenoxy) is 2. The highest BCUT2D eigenvalue weighted by Gasteiger charge is 2.29. The maximum Gasteiger partial charge on any atom is 0.359 e. The third-order valence-electron chi connectivity index (χ3n) is 2.20. The number of benzene rings is 1. The van der Waals surface area contributed by atoms with E-state index in [1.165, 1.54) is 6.26 Å². The van der Waals surface area contributed by atoms with E-state index in [2.05, 4.69) is 5.32 Å². The molecule has 84 valence electrons. The molecule has 1 saturated heterocycles. The summed E-state index contributed by atoms with van der Waals surface area (Å²) in [6.07, 6.45) is 0.978. The fourth-order valence-corrected chi connectivity index (χ4v) is 1.43. The highest BCUT2D eigenvalue weighted by molar-refractivity contribution is 5.89. The van der Waals surface area contributed by atoms with Gasteiger partial charge in [0.2, 0.25) is 0 Å². The molecule has 16 heavy (non-hydrogen) atoms. The lowest BCUT2D eigenvalue weighted by Crippen LogP contribution is -2.13. The molecular formula is C12H13NO3. The van der Waals surface area contributed by atoms with Crippen LogP contribution in [0.2, 0.25) is 0 Å². The van der Waals surface area contributed by atoms with Crippen molar-refractivity contribution in [2.45, 2.75) is 13.2 Å². The Morgan fingerprint density at radius 1 is 1.44 bits per heavy atom. The van der Waals surface area contributed by atoms with Crippen LogP contribution in [0.15, 0.2) is 42.3 Å². The average Bonchev–Trinajstić information content (AvgIpc) is 2.69. The van der Waals surface area contributed by atoms with Gasteiger partial charge < -0.3 is 14.8 Å². The van der Waals surface area contributed by atoms with Gasteiger partial charge in [0.1, 0.15) is 6.26 Å². The number of rotatable bonds is 3. The van der Waals surface area contributed by atoms with E-state index in [0.29, 0.717) is 12.3 Å². The summed E-state index contributed by atoms with van der Waals surface area (Å²) in [5.74, 6) is -0.387. The summed E-state index contributed by atoms with van der Waals surface area (Å²) < 4.78 is 10.2. The van der Waals surface area contributed by atoms with Crippen LogP contribution in [0.5, 0.6) is 0 Å². The first-order valence-corrected chi connectivity index (χ1v) is 5.15. The molecule has 1 N–H and O–H groups in total. The minimum absolute atomic E-state index is 0.357. The monoisotopic (exact) mass is 219 g/mol. The van der Waals surface area contributed by atoms with Crippen LogP contribution in [0.3, 0.4) is 0 Å². The quantitative estimate of drug-likeness (QED) is 0.477. The Balaban J connectivity index is 2.10. The highest BCUT2D eigenvalue weighted by Crippen LogP contribution is 2.22. The van der Waals surface area contributed by atoms with Gasteiger partial charge in [-0.3, -0.25) is 0 Å². The number of hydrogen-bond acceptors (Lipinski definition) is 4. The topological polar surface area (TPSA) is 47.6 Å². The molecule has 1 atom stereocenters. The number of carbonyl (C=O) groups is 1. The molecule has 2 rings (SSSR count). The lowest BCUT2D eigenvalue weighted by Gasteiger charge is -2.08. The zero-order valence-electron chi connectivity index (χ0n) is 8.97. The van der Waals surface area contributed by atoms with Gasteiger partial charge >= 0.3 is 5.97 Å². The molecule has 0 saturated carbocycles. The first-order valence-electron chi connectivity index (χ1n) is 5.15. The number of cyclic esters (lactones) is 1. The van der Waals surface area contributed by atoms with Crippen molar-refractivity contribution in [3.05, 3.63) is 47.9 Å². The summed E-state index contributed by atoms with van der Waals surface area (Å²) in [5.41, 5.74) is 1.27. The van der Waals surface area contributed by atoms with E-state index in [1.54, 1.807) is 0 Å². The van der Waals surface area contributed by atoms with Gasteiger partial charge in [-0.15, -0.1) is 0 Å². The first-order chi connectivity index (χ1) is 7.81. The number of carbonyl (C=O) groups excluding carboxylic acids is 1. The van der Waals surface area contributed by atoms with Crippen LogP contribution in [0.25, 0.3) is 0 Å². The van der Waals surface area contributed by atoms with E-state index < -0.39 is 6.23 Å². The van der Waals surface area contributed by atoms with Crippen LogP contribution < -0.4 is 5.32 Å². The summed E-state index contributed by atoms with van der Waals surface area (Å²) in [4.78, 5) is 11.4. The minimum Gasteiger partial charge on any atom is -0.499 e. The summed E-state index contributed by atoms with van der Waals surface area (Å²) in [7, 11) is 0. The van der Waals surface area contributed by atoms with Gasteiger partial charge in [0.05, 0.1) is 6.61 Å². The Morgan fingerprint density at radius 2 is 2.19 bits per heavy atom. The molecule has 0 aliphatic carbocycles. The molecule has 1 aromatic carbocycles. The lowest BCUT2D eigenvalue weighted by molar-refractivity contribution is -0.139. The molecule has 0 spiro atoms. The van der Waals surface area contributed by atoms with Crippen molar-refractivity contribution in [1.82, 2.24) is 5.32 Å². The SMILES string of the molecule is CCOC=C1NC(c2ccccc2)OC1=O. The summed E-state index contributed by atoms with van der Waals surface area (Å²) in [6.45, 7) is 2.38. The zero-order chi connectivity index (χ0) is 11.4. The second-order valence-corrected chi connectivity index (χ2v) is 3.33. The molecule has 0 radical (unpaired) electrons. The van der Waals surface area contributed by atoms with Crippen LogP contribution in [0, 0.1) is 0 Å². The van der Waals surface area contributed by atoms with E-state index in [1.807, 2.05) is 37.3 Å². The first kappa shape index (κ1) is 10.5. The van der Waals surface area contributed by atoms with Gasteiger partial charge in [-0.2, -0.15) is 0 Å². The average molecular weight is 219 g/mol. The van der Waals surface area contributed by atoms with E-state index >= 15 is 0 Å². The highest BCUT2D eigenvalue weighted by atomic mass is 16.6. The van der Waals surface area contributed by atoms with Crippen LogP contribution in [-0.4, -0.2) is 12.6 Å². The van der Waals surface area contributed by atoms with Gasteiger partial charge in [0, 0.05) is 5.56 Å². The number of esters is 1. The fourth-order valence-electron chi connectivity index (χ4n) is 1.43. The maximum atomic E-state index is 11.4. The van der Waals surface area contributed by atoms with Crippen LogP contribution in [0.1, 0.15) is 18.7 Å². The Labute approximate surface area is 93.9 Å². The summed E-state index contributed by atoms with van der Waals surface area (Å²) >= 11 is 0. The van der Waals surface area contributed by atoms with Gasteiger partial charge in [-0.25, -0.2) is 4.79 Å². The third kappa shape index (κ3) is 2.16.